The third-order valence-corrected chi connectivity index (χ3v) is 2.11. The highest BCUT2D eigenvalue weighted by Gasteiger charge is 2.26. The van der Waals surface area contributed by atoms with E-state index in [-0.39, 0.29) is 13.1 Å². The summed E-state index contributed by atoms with van der Waals surface area (Å²) in [6, 6.07) is 8.82. The molecule has 0 amide bonds. The molecule has 0 aliphatic rings. The van der Waals surface area contributed by atoms with Gasteiger partial charge in [0, 0.05) is 13.1 Å². The maximum atomic E-state index is 11.8. The van der Waals surface area contributed by atoms with E-state index in [1.165, 1.54) is 0 Å². The summed E-state index contributed by atoms with van der Waals surface area (Å²) in [4.78, 5) is 0. The molecule has 0 spiro atoms. The fraction of sp³-hybridized carbons (Fsp3) is 0.455. The van der Waals surface area contributed by atoms with Crippen LogP contribution < -0.4 is 5.32 Å². The van der Waals surface area contributed by atoms with Crippen LogP contribution in [0.4, 0.5) is 13.2 Å². The minimum Gasteiger partial charge on any atom is -0.387 e. The van der Waals surface area contributed by atoms with Crippen LogP contribution in [0.25, 0.3) is 0 Å². The summed E-state index contributed by atoms with van der Waals surface area (Å²) in [5, 5.41) is 12.2. The monoisotopic (exact) mass is 233 g/mol. The van der Waals surface area contributed by atoms with Gasteiger partial charge in [0.1, 0.15) is 0 Å². The summed E-state index contributed by atoms with van der Waals surface area (Å²) < 4.78 is 35.4. The molecule has 0 saturated heterocycles. The van der Waals surface area contributed by atoms with E-state index in [2.05, 4.69) is 5.32 Å². The number of hydrogen-bond donors (Lipinski definition) is 2. The van der Waals surface area contributed by atoms with Gasteiger partial charge in [-0.05, 0) is 5.56 Å². The highest BCUT2D eigenvalue weighted by molar-refractivity contribution is 5.17. The van der Waals surface area contributed by atoms with Crippen molar-refractivity contribution in [2.24, 2.45) is 0 Å². The lowest BCUT2D eigenvalue weighted by molar-refractivity contribution is -0.133. The Morgan fingerprint density at radius 2 is 1.81 bits per heavy atom. The number of halogens is 3. The Hall–Kier alpha value is -1.07. The highest BCUT2D eigenvalue weighted by atomic mass is 19.4. The molecule has 2 N–H and O–H groups in total. The van der Waals surface area contributed by atoms with Gasteiger partial charge in [0.2, 0.25) is 0 Å². The van der Waals surface area contributed by atoms with Crippen molar-refractivity contribution < 1.29 is 18.3 Å². The van der Waals surface area contributed by atoms with Gasteiger partial charge in [0.25, 0.3) is 0 Å². The second kappa shape index (κ2) is 5.86. The van der Waals surface area contributed by atoms with Gasteiger partial charge in [0.05, 0.1) is 12.5 Å². The van der Waals surface area contributed by atoms with Crippen molar-refractivity contribution >= 4 is 0 Å². The number of aliphatic hydroxyl groups is 1. The number of nitrogens with one attached hydrogen (secondary N) is 1. The fourth-order valence-electron chi connectivity index (χ4n) is 1.26. The first-order valence-electron chi connectivity index (χ1n) is 4.99. The first-order valence-corrected chi connectivity index (χ1v) is 4.99. The summed E-state index contributed by atoms with van der Waals surface area (Å²) in [6.45, 7) is -0.0481. The molecule has 1 atom stereocenters. The molecule has 0 saturated carbocycles. The van der Waals surface area contributed by atoms with Gasteiger partial charge in [-0.1, -0.05) is 30.3 Å². The van der Waals surface area contributed by atoms with Gasteiger partial charge in [-0.3, -0.25) is 0 Å². The Balaban J connectivity index is 2.24. The van der Waals surface area contributed by atoms with Gasteiger partial charge in [-0.2, -0.15) is 13.2 Å². The molecule has 1 aromatic carbocycles. The lowest BCUT2D eigenvalue weighted by Gasteiger charge is -2.12. The molecule has 5 heteroatoms. The average molecular weight is 233 g/mol. The summed E-state index contributed by atoms with van der Waals surface area (Å²) in [6.07, 6.45) is -5.80. The van der Waals surface area contributed by atoms with E-state index in [1.54, 1.807) is 24.3 Å². The molecule has 1 unspecified atom stereocenters. The standard InChI is InChI=1S/C11H14F3NO/c12-11(13,14)6-7-15-8-10(16)9-4-2-1-3-5-9/h1-5,10,15-16H,6-8H2. The number of aliphatic hydroxyl groups excluding tert-OH is 1. The predicted octanol–water partition coefficient (Wildman–Crippen LogP) is 2.26. The molecule has 1 aromatic rings. The van der Waals surface area contributed by atoms with E-state index in [9.17, 15) is 18.3 Å². The van der Waals surface area contributed by atoms with Crippen molar-refractivity contribution in [2.75, 3.05) is 13.1 Å². The van der Waals surface area contributed by atoms with E-state index < -0.39 is 18.7 Å². The van der Waals surface area contributed by atoms with Crippen LogP contribution in [-0.4, -0.2) is 24.4 Å². The van der Waals surface area contributed by atoms with Crippen molar-refractivity contribution in [2.45, 2.75) is 18.7 Å². The van der Waals surface area contributed by atoms with Crippen LogP contribution in [0, 0.1) is 0 Å². The normalized spacial score (nSPS) is 13.8. The zero-order chi connectivity index (χ0) is 12.0. The summed E-state index contributed by atoms with van der Waals surface area (Å²) >= 11 is 0. The second-order valence-electron chi connectivity index (χ2n) is 3.50. The van der Waals surface area contributed by atoms with Crippen LogP contribution in [-0.2, 0) is 0 Å². The zero-order valence-electron chi connectivity index (χ0n) is 8.67. The molecule has 0 radical (unpaired) electrons. The van der Waals surface area contributed by atoms with Crippen molar-refractivity contribution in [3.8, 4) is 0 Å². The minimum atomic E-state index is -4.15. The second-order valence-corrected chi connectivity index (χ2v) is 3.50. The van der Waals surface area contributed by atoms with Gasteiger partial charge < -0.3 is 10.4 Å². The third kappa shape index (κ3) is 5.14. The minimum absolute atomic E-state index is 0.125. The molecule has 0 bridgehead atoms. The van der Waals surface area contributed by atoms with E-state index in [4.69, 9.17) is 0 Å². The van der Waals surface area contributed by atoms with Gasteiger partial charge in [0.15, 0.2) is 0 Å². The van der Waals surface area contributed by atoms with Crippen LogP contribution in [0.3, 0.4) is 0 Å². The molecule has 0 heterocycles. The van der Waals surface area contributed by atoms with Crippen molar-refractivity contribution in [3.63, 3.8) is 0 Å². The van der Waals surface area contributed by atoms with Gasteiger partial charge in [-0.15, -0.1) is 0 Å². The Kier molecular flexibility index (Phi) is 4.76. The third-order valence-electron chi connectivity index (χ3n) is 2.11. The van der Waals surface area contributed by atoms with E-state index in [0.29, 0.717) is 5.56 Å². The first-order chi connectivity index (χ1) is 7.49. The molecule has 2 nitrogen and oxygen atoms in total. The van der Waals surface area contributed by atoms with E-state index >= 15 is 0 Å². The largest absolute Gasteiger partial charge is 0.390 e. The SMILES string of the molecule is OC(CNCCC(F)(F)F)c1ccccc1. The van der Waals surface area contributed by atoms with Crippen molar-refractivity contribution in [3.05, 3.63) is 35.9 Å². The number of rotatable bonds is 5. The van der Waals surface area contributed by atoms with Crippen LogP contribution in [0.5, 0.6) is 0 Å². The maximum absolute atomic E-state index is 11.8. The van der Waals surface area contributed by atoms with Gasteiger partial charge in [-0.25, -0.2) is 0 Å². The molecule has 0 aliphatic heterocycles. The molecule has 90 valence electrons. The lowest BCUT2D eigenvalue weighted by atomic mass is 10.1. The van der Waals surface area contributed by atoms with Crippen LogP contribution in [0.1, 0.15) is 18.1 Å². The van der Waals surface area contributed by atoms with Gasteiger partial charge >= 0.3 is 6.18 Å². The molecule has 1 rings (SSSR count). The topological polar surface area (TPSA) is 32.3 Å². The summed E-state index contributed by atoms with van der Waals surface area (Å²) in [5.41, 5.74) is 0.696. The molecular formula is C11H14F3NO. The number of alkyl halides is 3. The Morgan fingerprint density at radius 1 is 1.19 bits per heavy atom. The van der Waals surface area contributed by atoms with E-state index in [0.717, 1.165) is 0 Å². The Labute approximate surface area is 92.1 Å². The summed E-state index contributed by atoms with van der Waals surface area (Å²) in [7, 11) is 0. The Morgan fingerprint density at radius 3 is 2.38 bits per heavy atom. The first kappa shape index (κ1) is 13.0. The Bertz CT molecular complexity index is 300. The molecule has 0 aliphatic carbocycles. The van der Waals surface area contributed by atoms with Crippen molar-refractivity contribution in [1.82, 2.24) is 5.32 Å². The molecular weight excluding hydrogens is 219 g/mol. The molecule has 16 heavy (non-hydrogen) atoms. The zero-order valence-corrected chi connectivity index (χ0v) is 8.67. The summed E-state index contributed by atoms with van der Waals surface area (Å²) in [5.74, 6) is 0. The predicted molar refractivity (Wildman–Crippen MR) is 54.9 cm³/mol. The van der Waals surface area contributed by atoms with Crippen molar-refractivity contribution in [1.29, 1.82) is 0 Å². The fourth-order valence-corrected chi connectivity index (χ4v) is 1.26. The van der Waals surface area contributed by atoms with E-state index in [1.807, 2.05) is 6.07 Å². The molecule has 0 fully saturated rings. The lowest BCUT2D eigenvalue weighted by Crippen LogP contribution is -2.26. The number of benzene rings is 1. The smallest absolute Gasteiger partial charge is 0.387 e. The van der Waals surface area contributed by atoms with Crippen LogP contribution in [0.15, 0.2) is 30.3 Å². The average Bonchev–Trinajstić information content (AvgIpc) is 2.24. The van der Waals surface area contributed by atoms with Crippen LogP contribution in [0.2, 0.25) is 0 Å². The number of hydrogen-bond acceptors (Lipinski definition) is 2. The molecule has 0 aromatic heterocycles. The highest BCUT2D eigenvalue weighted by Crippen LogP contribution is 2.18. The van der Waals surface area contributed by atoms with Crippen LogP contribution >= 0.6 is 0 Å². The quantitative estimate of drug-likeness (QED) is 0.764. The maximum Gasteiger partial charge on any atom is 0.390 e.